The van der Waals surface area contributed by atoms with E-state index < -0.39 is 11.9 Å². The number of aromatic nitrogens is 3. The molecule has 0 radical (unpaired) electrons. The Balaban J connectivity index is 2.21. The second-order valence-corrected chi connectivity index (χ2v) is 6.08. The van der Waals surface area contributed by atoms with Crippen molar-refractivity contribution in [1.82, 2.24) is 15.0 Å². The Morgan fingerprint density at radius 3 is 2.86 bits per heavy atom. The van der Waals surface area contributed by atoms with Crippen molar-refractivity contribution in [2.24, 2.45) is 0 Å². The predicted molar refractivity (Wildman–Crippen MR) is 81.5 cm³/mol. The highest BCUT2D eigenvalue weighted by Crippen LogP contribution is 2.33. The van der Waals surface area contributed by atoms with Gasteiger partial charge in [0.05, 0.1) is 17.5 Å². The SMILES string of the molecule is CSc1ncc2c(N3CC[C@@H](O)[C@@H]3C)nc(Cl)c(F)c2n1. The number of aliphatic hydroxyl groups is 1. The number of fused-ring (bicyclic) bond motifs is 1. The summed E-state index contributed by atoms with van der Waals surface area (Å²) in [6.45, 7) is 2.54. The zero-order valence-electron chi connectivity index (χ0n) is 11.5. The van der Waals surface area contributed by atoms with Crippen molar-refractivity contribution >= 4 is 40.1 Å². The summed E-state index contributed by atoms with van der Waals surface area (Å²) in [5, 5.41) is 10.7. The third-order valence-corrected chi connectivity index (χ3v) is 4.58. The average molecular weight is 329 g/mol. The van der Waals surface area contributed by atoms with Crippen LogP contribution in [-0.2, 0) is 0 Å². The highest BCUT2D eigenvalue weighted by molar-refractivity contribution is 7.98. The maximum atomic E-state index is 14.2. The molecule has 0 saturated carbocycles. The summed E-state index contributed by atoms with van der Waals surface area (Å²) in [4.78, 5) is 14.4. The number of thioether (sulfide) groups is 1. The van der Waals surface area contributed by atoms with E-state index in [1.807, 2.05) is 18.1 Å². The monoisotopic (exact) mass is 328 g/mol. The van der Waals surface area contributed by atoms with Gasteiger partial charge in [0.25, 0.3) is 0 Å². The van der Waals surface area contributed by atoms with Crippen LogP contribution in [0.4, 0.5) is 10.2 Å². The number of hydrogen-bond acceptors (Lipinski definition) is 6. The van der Waals surface area contributed by atoms with E-state index in [4.69, 9.17) is 11.6 Å². The minimum atomic E-state index is -0.638. The molecular formula is C13H14ClFN4OS. The van der Waals surface area contributed by atoms with Gasteiger partial charge in [0.15, 0.2) is 16.1 Å². The molecule has 3 rings (SSSR count). The van der Waals surface area contributed by atoms with E-state index in [1.165, 1.54) is 11.8 Å². The largest absolute Gasteiger partial charge is 0.391 e. The van der Waals surface area contributed by atoms with Crippen LogP contribution < -0.4 is 4.90 Å². The number of nitrogens with zero attached hydrogens (tertiary/aromatic N) is 4. The summed E-state index contributed by atoms with van der Waals surface area (Å²) in [5.74, 6) is -0.117. The summed E-state index contributed by atoms with van der Waals surface area (Å²) >= 11 is 7.24. The van der Waals surface area contributed by atoms with Crippen molar-refractivity contribution in [2.45, 2.75) is 30.6 Å². The van der Waals surface area contributed by atoms with E-state index in [-0.39, 0.29) is 16.7 Å². The normalized spacial score (nSPS) is 22.2. The fraction of sp³-hybridized carbons (Fsp3) is 0.462. The molecule has 0 amide bonds. The van der Waals surface area contributed by atoms with Gasteiger partial charge in [0.1, 0.15) is 11.3 Å². The highest BCUT2D eigenvalue weighted by atomic mass is 35.5. The lowest BCUT2D eigenvalue weighted by Crippen LogP contribution is -2.33. The maximum absolute atomic E-state index is 14.2. The van der Waals surface area contributed by atoms with Gasteiger partial charge in [-0.15, -0.1) is 0 Å². The summed E-state index contributed by atoms with van der Waals surface area (Å²) in [5.41, 5.74) is 0.165. The standard InChI is InChI=1S/C13H14ClFN4OS/c1-6-8(20)3-4-19(6)12-7-5-16-13(21-2)17-10(7)9(15)11(14)18-12/h5-6,8,20H,3-4H2,1-2H3/t6-,8+/m0/s1. The van der Waals surface area contributed by atoms with E-state index in [2.05, 4.69) is 15.0 Å². The Hall–Kier alpha value is -1.18. The van der Waals surface area contributed by atoms with E-state index in [0.717, 1.165) is 0 Å². The Kier molecular flexibility index (Phi) is 3.90. The highest BCUT2D eigenvalue weighted by Gasteiger charge is 2.32. The van der Waals surface area contributed by atoms with Crippen LogP contribution in [0.15, 0.2) is 11.4 Å². The van der Waals surface area contributed by atoms with Crippen LogP contribution in [0.25, 0.3) is 10.9 Å². The van der Waals surface area contributed by atoms with Crippen LogP contribution in [-0.4, -0.2) is 45.0 Å². The molecule has 5 nitrogen and oxygen atoms in total. The number of hydrogen-bond donors (Lipinski definition) is 1. The topological polar surface area (TPSA) is 62.1 Å². The van der Waals surface area contributed by atoms with Crippen LogP contribution in [0.3, 0.4) is 0 Å². The second kappa shape index (κ2) is 5.55. The molecule has 1 aliphatic heterocycles. The van der Waals surface area contributed by atoms with E-state index in [9.17, 15) is 9.50 Å². The number of rotatable bonds is 2. The van der Waals surface area contributed by atoms with Crippen LogP contribution >= 0.6 is 23.4 Å². The summed E-state index contributed by atoms with van der Waals surface area (Å²) < 4.78 is 14.2. The van der Waals surface area contributed by atoms with Gasteiger partial charge in [-0.25, -0.2) is 19.3 Å². The van der Waals surface area contributed by atoms with Crippen molar-refractivity contribution < 1.29 is 9.50 Å². The molecule has 1 aliphatic rings. The zero-order valence-corrected chi connectivity index (χ0v) is 13.1. The van der Waals surface area contributed by atoms with Crippen molar-refractivity contribution in [2.75, 3.05) is 17.7 Å². The molecule has 2 atom stereocenters. The molecule has 0 bridgehead atoms. The first kappa shape index (κ1) is 14.7. The molecule has 0 spiro atoms. The first-order valence-corrected chi connectivity index (χ1v) is 8.13. The van der Waals surface area contributed by atoms with Gasteiger partial charge in [-0.3, -0.25) is 0 Å². The van der Waals surface area contributed by atoms with Gasteiger partial charge in [0.2, 0.25) is 0 Å². The molecule has 1 saturated heterocycles. The summed E-state index contributed by atoms with van der Waals surface area (Å²) in [6, 6.07) is -0.109. The Morgan fingerprint density at radius 2 is 2.24 bits per heavy atom. The molecule has 3 heterocycles. The molecule has 2 aromatic rings. The molecule has 0 aromatic carbocycles. The molecule has 1 fully saturated rings. The van der Waals surface area contributed by atoms with E-state index in [1.54, 1.807) is 6.20 Å². The van der Waals surface area contributed by atoms with Crippen molar-refractivity contribution in [3.8, 4) is 0 Å². The number of aliphatic hydroxyl groups excluding tert-OH is 1. The van der Waals surface area contributed by atoms with Crippen LogP contribution in [0.5, 0.6) is 0 Å². The fourth-order valence-electron chi connectivity index (χ4n) is 2.54. The van der Waals surface area contributed by atoms with Gasteiger partial charge < -0.3 is 10.0 Å². The molecule has 0 unspecified atom stereocenters. The van der Waals surface area contributed by atoms with E-state index >= 15 is 0 Å². The van der Waals surface area contributed by atoms with Gasteiger partial charge in [-0.1, -0.05) is 23.4 Å². The minimum absolute atomic E-state index is 0.109. The fourth-order valence-corrected chi connectivity index (χ4v) is 3.05. The van der Waals surface area contributed by atoms with Crippen LogP contribution in [0.1, 0.15) is 13.3 Å². The Bertz CT molecular complexity index is 701. The predicted octanol–water partition coefficient (Wildman–Crippen LogP) is 2.50. The molecule has 112 valence electrons. The van der Waals surface area contributed by atoms with Crippen molar-refractivity contribution in [1.29, 1.82) is 0 Å². The van der Waals surface area contributed by atoms with Gasteiger partial charge >= 0.3 is 0 Å². The third kappa shape index (κ3) is 2.43. The van der Waals surface area contributed by atoms with Gasteiger partial charge in [-0.05, 0) is 19.6 Å². The summed E-state index contributed by atoms with van der Waals surface area (Å²) in [7, 11) is 0. The van der Waals surface area contributed by atoms with Crippen LogP contribution in [0, 0.1) is 5.82 Å². The van der Waals surface area contributed by atoms with Crippen LogP contribution in [0.2, 0.25) is 5.15 Å². The van der Waals surface area contributed by atoms with Crippen molar-refractivity contribution in [3.63, 3.8) is 0 Å². The van der Waals surface area contributed by atoms with Gasteiger partial charge in [-0.2, -0.15) is 0 Å². The molecule has 21 heavy (non-hydrogen) atoms. The molecule has 0 aliphatic carbocycles. The Labute approximate surface area is 130 Å². The van der Waals surface area contributed by atoms with Crippen molar-refractivity contribution in [3.05, 3.63) is 17.2 Å². The zero-order chi connectivity index (χ0) is 15.1. The molecule has 8 heteroatoms. The number of anilines is 1. The molecular weight excluding hydrogens is 315 g/mol. The molecule has 2 aromatic heterocycles. The van der Waals surface area contributed by atoms with Gasteiger partial charge in [0, 0.05) is 12.7 Å². The Morgan fingerprint density at radius 1 is 1.48 bits per heavy atom. The smallest absolute Gasteiger partial charge is 0.187 e. The lowest BCUT2D eigenvalue weighted by atomic mass is 10.2. The lowest BCUT2D eigenvalue weighted by Gasteiger charge is -2.25. The maximum Gasteiger partial charge on any atom is 0.187 e. The average Bonchev–Trinajstić information content (AvgIpc) is 2.82. The molecule has 1 N–H and O–H groups in total. The number of halogens is 2. The quantitative estimate of drug-likeness (QED) is 0.519. The second-order valence-electron chi connectivity index (χ2n) is 4.95. The first-order chi connectivity index (χ1) is 10.0. The minimum Gasteiger partial charge on any atom is -0.391 e. The first-order valence-electron chi connectivity index (χ1n) is 6.53. The third-order valence-electron chi connectivity index (χ3n) is 3.77. The lowest BCUT2D eigenvalue weighted by molar-refractivity contribution is 0.170. The van der Waals surface area contributed by atoms with E-state index in [0.29, 0.717) is 29.3 Å². The number of pyridine rings is 1. The summed E-state index contributed by atoms with van der Waals surface area (Å²) in [6.07, 6.45) is 3.59.